The minimum atomic E-state index is -0.0324. The van der Waals surface area contributed by atoms with Gasteiger partial charge in [-0.3, -0.25) is 4.79 Å². The second-order valence-electron chi connectivity index (χ2n) is 4.03. The SMILES string of the molecule is COc1ccc(OCC2SCCN2C(=O)CCl)cc1. The third kappa shape index (κ3) is 3.70. The number of rotatable bonds is 5. The van der Waals surface area contributed by atoms with Crippen molar-refractivity contribution in [2.75, 3.05) is 31.9 Å². The predicted molar refractivity (Wildman–Crippen MR) is 77.2 cm³/mol. The van der Waals surface area contributed by atoms with Crippen LogP contribution in [0.4, 0.5) is 0 Å². The van der Waals surface area contributed by atoms with Crippen LogP contribution in [0.3, 0.4) is 0 Å². The number of alkyl halides is 1. The van der Waals surface area contributed by atoms with Crippen LogP contribution in [-0.2, 0) is 4.79 Å². The van der Waals surface area contributed by atoms with E-state index in [2.05, 4.69) is 0 Å². The predicted octanol–water partition coefficient (Wildman–Crippen LogP) is 2.21. The molecule has 1 aliphatic rings. The summed E-state index contributed by atoms with van der Waals surface area (Å²) >= 11 is 7.31. The van der Waals surface area contributed by atoms with E-state index in [0.29, 0.717) is 6.61 Å². The van der Waals surface area contributed by atoms with Crippen LogP contribution >= 0.6 is 23.4 Å². The van der Waals surface area contributed by atoms with Crippen molar-refractivity contribution < 1.29 is 14.3 Å². The van der Waals surface area contributed by atoms with Crippen LogP contribution in [0.5, 0.6) is 11.5 Å². The summed E-state index contributed by atoms with van der Waals surface area (Å²) < 4.78 is 10.8. The maximum Gasteiger partial charge on any atom is 0.238 e. The molecule has 6 heteroatoms. The molecule has 1 aromatic carbocycles. The molecule has 19 heavy (non-hydrogen) atoms. The fraction of sp³-hybridized carbons (Fsp3) is 0.462. The molecule has 1 heterocycles. The number of thioether (sulfide) groups is 1. The van der Waals surface area contributed by atoms with Crippen LogP contribution in [0.15, 0.2) is 24.3 Å². The monoisotopic (exact) mass is 301 g/mol. The summed E-state index contributed by atoms with van der Waals surface area (Å²) in [5.74, 6) is 2.49. The summed E-state index contributed by atoms with van der Waals surface area (Å²) in [4.78, 5) is 13.4. The molecule has 0 N–H and O–H groups in total. The largest absolute Gasteiger partial charge is 0.497 e. The van der Waals surface area contributed by atoms with Crippen LogP contribution in [0.2, 0.25) is 0 Å². The molecule has 0 aromatic heterocycles. The van der Waals surface area contributed by atoms with E-state index in [9.17, 15) is 4.79 Å². The van der Waals surface area contributed by atoms with Gasteiger partial charge in [0.15, 0.2) is 0 Å². The smallest absolute Gasteiger partial charge is 0.238 e. The third-order valence-electron chi connectivity index (χ3n) is 2.88. The summed E-state index contributed by atoms with van der Waals surface area (Å²) in [6, 6.07) is 7.40. The van der Waals surface area contributed by atoms with Gasteiger partial charge in [-0.15, -0.1) is 23.4 Å². The number of hydrogen-bond donors (Lipinski definition) is 0. The summed E-state index contributed by atoms with van der Waals surface area (Å²) in [6.07, 6.45) is 0. The lowest BCUT2D eigenvalue weighted by Gasteiger charge is -2.23. The molecule has 104 valence electrons. The first kappa shape index (κ1) is 14.3. The molecule has 0 saturated carbocycles. The van der Waals surface area contributed by atoms with Crippen LogP contribution in [-0.4, -0.2) is 48.1 Å². The van der Waals surface area contributed by atoms with E-state index in [1.807, 2.05) is 24.3 Å². The Kier molecular flexibility index (Phi) is 5.22. The van der Waals surface area contributed by atoms with Crippen LogP contribution in [0.1, 0.15) is 0 Å². The van der Waals surface area contributed by atoms with E-state index in [1.165, 1.54) is 0 Å². The average molecular weight is 302 g/mol. The summed E-state index contributed by atoms with van der Waals surface area (Å²) in [7, 11) is 1.63. The Morgan fingerprint density at radius 3 is 2.74 bits per heavy atom. The van der Waals surface area contributed by atoms with Crippen LogP contribution in [0.25, 0.3) is 0 Å². The van der Waals surface area contributed by atoms with Gasteiger partial charge in [0.2, 0.25) is 5.91 Å². The standard InChI is InChI=1S/C13H16ClNO3S/c1-17-10-2-4-11(5-3-10)18-9-13-15(6-7-19-13)12(16)8-14/h2-5,13H,6-9H2,1H3. The fourth-order valence-electron chi connectivity index (χ4n) is 1.86. The van der Waals surface area contributed by atoms with E-state index >= 15 is 0 Å². The number of carbonyl (C=O) groups excluding carboxylic acids is 1. The van der Waals surface area contributed by atoms with Gasteiger partial charge in [-0.2, -0.15) is 0 Å². The third-order valence-corrected chi connectivity index (χ3v) is 4.30. The summed E-state index contributed by atoms with van der Waals surface area (Å²) in [6.45, 7) is 1.21. The number of hydrogen-bond acceptors (Lipinski definition) is 4. The van der Waals surface area contributed by atoms with Gasteiger partial charge in [0.05, 0.1) is 7.11 Å². The topological polar surface area (TPSA) is 38.8 Å². The number of nitrogens with zero attached hydrogens (tertiary/aromatic N) is 1. The van der Waals surface area contributed by atoms with Gasteiger partial charge in [0.25, 0.3) is 0 Å². The second kappa shape index (κ2) is 6.91. The number of amides is 1. The van der Waals surface area contributed by atoms with Crippen molar-refractivity contribution in [2.45, 2.75) is 5.37 Å². The fourth-order valence-corrected chi connectivity index (χ4v) is 3.16. The lowest BCUT2D eigenvalue weighted by molar-refractivity contribution is -0.128. The molecule has 4 nitrogen and oxygen atoms in total. The first-order valence-electron chi connectivity index (χ1n) is 5.98. The number of carbonyl (C=O) groups is 1. The average Bonchev–Trinajstić information content (AvgIpc) is 2.93. The molecule has 0 bridgehead atoms. The second-order valence-corrected chi connectivity index (χ2v) is 5.59. The molecule has 0 spiro atoms. The van der Waals surface area contributed by atoms with Crippen LogP contribution in [0, 0.1) is 0 Å². The van der Waals surface area contributed by atoms with Gasteiger partial charge in [-0.1, -0.05) is 0 Å². The molecule has 1 aromatic rings. The summed E-state index contributed by atoms with van der Waals surface area (Å²) in [5.41, 5.74) is 0. The minimum absolute atomic E-state index is 0.0274. The van der Waals surface area contributed by atoms with Gasteiger partial charge >= 0.3 is 0 Å². The van der Waals surface area contributed by atoms with Crippen molar-refractivity contribution >= 4 is 29.3 Å². The van der Waals surface area contributed by atoms with E-state index < -0.39 is 0 Å². The molecule has 1 unspecified atom stereocenters. The van der Waals surface area contributed by atoms with Crippen molar-refractivity contribution in [1.29, 1.82) is 0 Å². The van der Waals surface area contributed by atoms with Gasteiger partial charge in [0.1, 0.15) is 29.4 Å². The highest BCUT2D eigenvalue weighted by atomic mass is 35.5. The van der Waals surface area contributed by atoms with Gasteiger partial charge < -0.3 is 14.4 Å². The van der Waals surface area contributed by atoms with Gasteiger partial charge in [-0.25, -0.2) is 0 Å². The highest BCUT2D eigenvalue weighted by Gasteiger charge is 2.29. The Balaban J connectivity index is 1.88. The van der Waals surface area contributed by atoms with E-state index in [1.54, 1.807) is 23.8 Å². The van der Waals surface area contributed by atoms with E-state index in [0.717, 1.165) is 23.8 Å². The number of ether oxygens (including phenoxy) is 2. The van der Waals surface area contributed by atoms with Gasteiger partial charge in [-0.05, 0) is 24.3 Å². The molecule has 1 saturated heterocycles. The molecule has 0 aliphatic carbocycles. The van der Waals surface area contributed by atoms with Crippen LogP contribution < -0.4 is 9.47 Å². The van der Waals surface area contributed by atoms with Crippen molar-refractivity contribution in [3.8, 4) is 11.5 Å². The van der Waals surface area contributed by atoms with Crippen molar-refractivity contribution in [2.24, 2.45) is 0 Å². The first-order valence-corrected chi connectivity index (χ1v) is 7.57. The molecule has 2 rings (SSSR count). The zero-order valence-electron chi connectivity index (χ0n) is 10.7. The zero-order valence-corrected chi connectivity index (χ0v) is 12.2. The first-order chi connectivity index (χ1) is 9.24. The Hall–Kier alpha value is -1.07. The van der Waals surface area contributed by atoms with Crippen molar-refractivity contribution in [3.05, 3.63) is 24.3 Å². The maximum atomic E-state index is 11.6. The normalized spacial score (nSPS) is 18.4. The lowest BCUT2D eigenvalue weighted by Crippen LogP contribution is -2.38. The Labute approximate surface area is 122 Å². The van der Waals surface area contributed by atoms with E-state index in [4.69, 9.17) is 21.1 Å². The number of methoxy groups -OCH3 is 1. The number of benzene rings is 1. The van der Waals surface area contributed by atoms with E-state index in [-0.39, 0.29) is 17.2 Å². The lowest BCUT2D eigenvalue weighted by atomic mass is 10.3. The molecule has 1 atom stereocenters. The number of halogens is 1. The van der Waals surface area contributed by atoms with Crippen molar-refractivity contribution in [3.63, 3.8) is 0 Å². The molecule has 1 amide bonds. The molecular weight excluding hydrogens is 286 g/mol. The highest BCUT2D eigenvalue weighted by Crippen LogP contribution is 2.25. The summed E-state index contributed by atoms with van der Waals surface area (Å²) in [5, 5.41) is 0.0494. The maximum absolute atomic E-state index is 11.6. The highest BCUT2D eigenvalue weighted by molar-refractivity contribution is 8.00. The molecule has 1 fully saturated rings. The Morgan fingerprint density at radius 1 is 1.42 bits per heavy atom. The molecular formula is C13H16ClNO3S. The minimum Gasteiger partial charge on any atom is -0.497 e. The van der Waals surface area contributed by atoms with Gasteiger partial charge in [0, 0.05) is 12.3 Å². The quantitative estimate of drug-likeness (QED) is 0.782. The van der Waals surface area contributed by atoms with Crippen molar-refractivity contribution in [1.82, 2.24) is 4.90 Å². The Morgan fingerprint density at radius 2 is 2.11 bits per heavy atom. The zero-order chi connectivity index (χ0) is 13.7. The molecule has 1 aliphatic heterocycles. The Bertz CT molecular complexity index is 426. The molecule has 0 radical (unpaired) electrons.